The lowest BCUT2D eigenvalue weighted by Gasteiger charge is -2.17. The smallest absolute Gasteiger partial charge is 0.321 e. The maximum Gasteiger partial charge on any atom is 0.421 e. The number of H-pyrrole nitrogens is 1. The first kappa shape index (κ1) is 27.6. The molecule has 190 valence electrons. The van der Waals surface area contributed by atoms with Gasteiger partial charge >= 0.3 is 6.18 Å². The fraction of sp³-hybridized carbons (Fsp3) is 0.462. The van der Waals surface area contributed by atoms with Crippen LogP contribution in [0.1, 0.15) is 56.4 Å². The lowest BCUT2D eigenvalue weighted by atomic mass is 9.95. The van der Waals surface area contributed by atoms with Crippen molar-refractivity contribution in [2.45, 2.75) is 50.6 Å². The highest BCUT2D eigenvalue weighted by Gasteiger charge is 2.34. The molecule has 1 N–H and O–H groups in total. The zero-order valence-electron chi connectivity index (χ0n) is 19.9. The van der Waals surface area contributed by atoms with Crippen molar-refractivity contribution in [1.29, 1.82) is 0 Å². The van der Waals surface area contributed by atoms with Gasteiger partial charge in [0.2, 0.25) is 0 Å². The molecule has 0 amide bonds. The number of thioether (sulfide) groups is 1. The zero-order chi connectivity index (χ0) is 25.6. The number of Topliss-reactive ketones (excluding diaryl/α,β-unsaturated/α-hetero) is 1. The van der Waals surface area contributed by atoms with E-state index in [1.807, 2.05) is 18.2 Å². The van der Waals surface area contributed by atoms with Crippen molar-refractivity contribution in [3.05, 3.63) is 68.6 Å². The average molecular weight is 527 g/mol. The summed E-state index contributed by atoms with van der Waals surface area (Å²) >= 11 is 8.24. The van der Waals surface area contributed by atoms with E-state index in [0.29, 0.717) is 35.4 Å². The summed E-state index contributed by atoms with van der Waals surface area (Å²) in [6, 6.07) is 7.58. The van der Waals surface area contributed by atoms with Crippen LogP contribution in [-0.2, 0) is 11.0 Å². The molecular formula is C26H30ClF3N2O2S. The molecule has 0 bridgehead atoms. The van der Waals surface area contributed by atoms with Crippen LogP contribution in [0.25, 0.3) is 5.57 Å². The van der Waals surface area contributed by atoms with Gasteiger partial charge in [-0.15, -0.1) is 11.8 Å². The van der Waals surface area contributed by atoms with E-state index in [0.717, 1.165) is 42.8 Å². The molecule has 1 aliphatic rings. The van der Waals surface area contributed by atoms with E-state index in [1.54, 1.807) is 17.8 Å². The summed E-state index contributed by atoms with van der Waals surface area (Å²) in [6.45, 7) is 7.34. The second-order valence-electron chi connectivity index (χ2n) is 8.61. The molecule has 0 spiro atoms. The van der Waals surface area contributed by atoms with Crippen LogP contribution in [0.2, 0.25) is 5.02 Å². The predicted octanol–water partition coefficient (Wildman–Crippen LogP) is 6.67. The molecule has 0 unspecified atom stereocenters. The van der Waals surface area contributed by atoms with E-state index >= 15 is 0 Å². The molecule has 1 fully saturated rings. The van der Waals surface area contributed by atoms with E-state index < -0.39 is 17.3 Å². The van der Waals surface area contributed by atoms with Gasteiger partial charge in [0.05, 0.1) is 5.02 Å². The first-order chi connectivity index (χ1) is 16.6. The van der Waals surface area contributed by atoms with Crippen LogP contribution in [0.5, 0.6) is 0 Å². The van der Waals surface area contributed by atoms with Gasteiger partial charge in [0.25, 0.3) is 5.56 Å². The van der Waals surface area contributed by atoms with E-state index in [4.69, 9.17) is 11.6 Å². The highest BCUT2D eigenvalue weighted by atomic mass is 35.5. The Morgan fingerprint density at radius 1 is 1.20 bits per heavy atom. The van der Waals surface area contributed by atoms with Gasteiger partial charge in [-0.1, -0.05) is 37.6 Å². The number of carbonyl (C=O) groups is 1. The fourth-order valence-corrected chi connectivity index (χ4v) is 5.41. The lowest BCUT2D eigenvalue weighted by molar-refractivity contribution is -0.138. The van der Waals surface area contributed by atoms with Crippen LogP contribution < -0.4 is 5.56 Å². The Bertz CT molecular complexity index is 1130. The summed E-state index contributed by atoms with van der Waals surface area (Å²) < 4.78 is 39.3. The number of nitrogens with zero attached hydrogens (tertiary/aromatic N) is 1. The van der Waals surface area contributed by atoms with Crippen LogP contribution >= 0.6 is 23.4 Å². The number of nitrogens with one attached hydrogen (secondary N) is 1. The topological polar surface area (TPSA) is 53.2 Å². The number of alkyl halides is 3. The number of aromatic amines is 1. The maximum absolute atomic E-state index is 13.1. The van der Waals surface area contributed by atoms with Gasteiger partial charge in [0, 0.05) is 29.0 Å². The van der Waals surface area contributed by atoms with Gasteiger partial charge < -0.3 is 9.88 Å². The number of halogens is 4. The molecule has 1 atom stereocenters. The van der Waals surface area contributed by atoms with Gasteiger partial charge in [-0.05, 0) is 74.0 Å². The number of ketones is 1. The van der Waals surface area contributed by atoms with Crippen molar-refractivity contribution in [3.63, 3.8) is 0 Å². The Kier molecular flexibility index (Phi) is 9.67. The second kappa shape index (κ2) is 12.3. The average Bonchev–Trinajstić information content (AvgIpc) is 3.22. The van der Waals surface area contributed by atoms with E-state index in [-0.39, 0.29) is 17.4 Å². The molecule has 2 aromatic rings. The van der Waals surface area contributed by atoms with Gasteiger partial charge in [0.15, 0.2) is 0 Å². The van der Waals surface area contributed by atoms with Gasteiger partial charge in [-0.3, -0.25) is 9.59 Å². The Morgan fingerprint density at radius 3 is 2.51 bits per heavy atom. The molecule has 4 nitrogen and oxygen atoms in total. The predicted molar refractivity (Wildman–Crippen MR) is 136 cm³/mol. The Morgan fingerprint density at radius 2 is 1.94 bits per heavy atom. The van der Waals surface area contributed by atoms with E-state index in [1.165, 1.54) is 6.07 Å². The molecule has 0 aliphatic heterocycles. The van der Waals surface area contributed by atoms with Crippen LogP contribution in [0.3, 0.4) is 0 Å². The minimum absolute atomic E-state index is 0.0452. The Hall–Kier alpha value is -2.03. The number of aromatic nitrogens is 1. The van der Waals surface area contributed by atoms with Crippen LogP contribution in [0.4, 0.5) is 13.2 Å². The SMILES string of the molecule is CCN(CC)CCCSc1ccc(C(=C[C@H]2CCC(=O)C2)c2ccc(C(F)(F)F)c(=O)[nH]2)cc1Cl. The Balaban J connectivity index is 1.87. The third-order valence-corrected chi connectivity index (χ3v) is 7.79. The number of benzene rings is 1. The quantitative estimate of drug-likeness (QED) is 0.277. The van der Waals surface area contributed by atoms with Gasteiger partial charge in [0.1, 0.15) is 11.3 Å². The van der Waals surface area contributed by atoms with Crippen molar-refractivity contribution in [2.24, 2.45) is 5.92 Å². The molecular weight excluding hydrogens is 497 g/mol. The third-order valence-electron chi connectivity index (χ3n) is 6.20. The number of hydrogen-bond acceptors (Lipinski definition) is 4. The monoisotopic (exact) mass is 526 g/mol. The molecule has 1 aromatic carbocycles. The maximum atomic E-state index is 13.1. The normalized spacial score (nSPS) is 16.9. The summed E-state index contributed by atoms with van der Waals surface area (Å²) in [7, 11) is 0. The third kappa shape index (κ3) is 7.48. The Labute approximate surface area is 212 Å². The van der Waals surface area contributed by atoms with Crippen LogP contribution in [0.15, 0.2) is 46.1 Å². The molecule has 1 saturated carbocycles. The summed E-state index contributed by atoms with van der Waals surface area (Å²) in [5.41, 5.74) is -0.938. The number of rotatable bonds is 10. The van der Waals surface area contributed by atoms with E-state index in [2.05, 4.69) is 23.7 Å². The van der Waals surface area contributed by atoms with Crippen molar-refractivity contribution in [3.8, 4) is 0 Å². The van der Waals surface area contributed by atoms with Crippen molar-refractivity contribution < 1.29 is 18.0 Å². The van der Waals surface area contributed by atoms with Crippen LogP contribution in [-0.4, -0.2) is 41.1 Å². The summed E-state index contributed by atoms with van der Waals surface area (Å²) in [4.78, 5) is 29.6. The summed E-state index contributed by atoms with van der Waals surface area (Å²) in [5.74, 6) is 1.02. The molecule has 1 aromatic heterocycles. The molecule has 0 radical (unpaired) electrons. The standard InChI is InChI=1S/C26H30ClF3N2O2S/c1-3-32(4-2)12-5-13-35-24-11-7-18(16-22(24)27)20(15-17-6-8-19(33)14-17)23-10-9-21(25(34)31-23)26(28,29)30/h7,9-11,15-17H,3-6,8,12-14H2,1-2H3,(H,31,34)/t17-/m0/s1. The molecule has 1 aliphatic carbocycles. The zero-order valence-corrected chi connectivity index (χ0v) is 21.5. The molecule has 3 rings (SSSR count). The minimum Gasteiger partial charge on any atom is -0.321 e. The van der Waals surface area contributed by atoms with Crippen molar-refractivity contribution >= 4 is 34.7 Å². The summed E-state index contributed by atoms with van der Waals surface area (Å²) in [5, 5.41) is 0.540. The highest BCUT2D eigenvalue weighted by Crippen LogP contribution is 2.35. The fourth-order valence-electron chi connectivity index (χ4n) is 4.21. The number of allylic oxidation sites excluding steroid dienone is 1. The largest absolute Gasteiger partial charge is 0.421 e. The van der Waals surface area contributed by atoms with Crippen molar-refractivity contribution in [2.75, 3.05) is 25.4 Å². The number of pyridine rings is 1. The highest BCUT2D eigenvalue weighted by molar-refractivity contribution is 7.99. The minimum atomic E-state index is -4.73. The first-order valence-electron chi connectivity index (χ1n) is 11.8. The number of carbonyl (C=O) groups excluding carboxylic acids is 1. The second-order valence-corrected chi connectivity index (χ2v) is 10.2. The molecule has 35 heavy (non-hydrogen) atoms. The lowest BCUT2D eigenvalue weighted by Crippen LogP contribution is -2.24. The first-order valence-corrected chi connectivity index (χ1v) is 13.2. The number of hydrogen-bond donors (Lipinski definition) is 1. The van der Waals surface area contributed by atoms with Crippen LogP contribution in [0, 0.1) is 5.92 Å². The molecule has 1 heterocycles. The van der Waals surface area contributed by atoms with E-state index in [9.17, 15) is 22.8 Å². The van der Waals surface area contributed by atoms with Gasteiger partial charge in [-0.2, -0.15) is 13.2 Å². The molecule has 9 heteroatoms. The molecule has 0 saturated heterocycles. The van der Waals surface area contributed by atoms with Crippen molar-refractivity contribution in [1.82, 2.24) is 9.88 Å². The van der Waals surface area contributed by atoms with Gasteiger partial charge in [-0.25, -0.2) is 0 Å². The summed E-state index contributed by atoms with van der Waals surface area (Å²) in [6.07, 6.45) is -0.322.